The number of imide groups is 1. The second-order valence-electron chi connectivity index (χ2n) is 7.93. The van der Waals surface area contributed by atoms with E-state index in [1.165, 1.54) is 42.5 Å². The molecular weight excluding hydrogens is 470 g/mol. The minimum atomic E-state index is -4.55. The van der Waals surface area contributed by atoms with Crippen molar-refractivity contribution in [3.8, 4) is 5.75 Å². The molecule has 1 aliphatic rings. The molecule has 0 N–H and O–H groups in total. The molecule has 0 atom stereocenters. The number of hydrogen-bond donors (Lipinski definition) is 0. The van der Waals surface area contributed by atoms with Crippen molar-refractivity contribution >= 4 is 52.5 Å². The van der Waals surface area contributed by atoms with Gasteiger partial charge in [0.25, 0.3) is 5.91 Å². The molecule has 0 unspecified atom stereocenters. The first-order valence-corrected chi connectivity index (χ1v) is 10.1. The van der Waals surface area contributed by atoms with Gasteiger partial charge in [0.1, 0.15) is 11.4 Å². The lowest BCUT2D eigenvalue weighted by molar-refractivity contribution is -0.153. The lowest BCUT2D eigenvalue weighted by atomic mass is 10.0. The van der Waals surface area contributed by atoms with Crippen LogP contribution >= 0.6 is 23.2 Å². The predicted molar refractivity (Wildman–Crippen MR) is 116 cm³/mol. The van der Waals surface area contributed by atoms with Crippen LogP contribution in [0.25, 0.3) is 11.6 Å². The molecule has 2 aromatic rings. The van der Waals surface area contributed by atoms with Gasteiger partial charge >= 0.3 is 12.3 Å². The van der Waals surface area contributed by atoms with E-state index in [0.717, 1.165) is 4.90 Å². The summed E-state index contributed by atoms with van der Waals surface area (Å²) in [5.74, 6) is -0.850. The maximum atomic E-state index is 13.2. The highest BCUT2D eigenvalue weighted by molar-refractivity contribution is 6.42. The van der Waals surface area contributed by atoms with Gasteiger partial charge in [-0.2, -0.15) is 13.2 Å². The third kappa shape index (κ3) is 5.55. The van der Waals surface area contributed by atoms with E-state index in [1.807, 2.05) is 0 Å². The molecule has 1 aliphatic heterocycles. The Labute approximate surface area is 192 Å². The van der Waals surface area contributed by atoms with Crippen LogP contribution in [-0.4, -0.2) is 30.4 Å². The Morgan fingerprint density at radius 1 is 1.06 bits per heavy atom. The van der Waals surface area contributed by atoms with Crippen LogP contribution in [0, 0.1) is 0 Å². The van der Waals surface area contributed by atoms with Gasteiger partial charge in [-0.3, -0.25) is 4.79 Å². The number of nitrogens with zero attached hydrogens (tertiary/aromatic N) is 1. The van der Waals surface area contributed by atoms with Crippen molar-refractivity contribution in [2.24, 2.45) is 0 Å². The van der Waals surface area contributed by atoms with E-state index in [-0.39, 0.29) is 32.6 Å². The molecule has 0 radical (unpaired) electrons. The smallest absolute Gasteiger partial charge is 0.422 e. The molecule has 10 heteroatoms. The van der Waals surface area contributed by atoms with Crippen LogP contribution in [0.1, 0.15) is 31.9 Å². The van der Waals surface area contributed by atoms with Gasteiger partial charge in [0.05, 0.1) is 11.3 Å². The molecule has 5 nitrogen and oxygen atoms in total. The van der Waals surface area contributed by atoms with E-state index in [9.17, 15) is 22.8 Å². The largest absolute Gasteiger partial charge is 0.483 e. The Morgan fingerprint density at radius 3 is 2.31 bits per heavy atom. The Hall–Kier alpha value is -2.71. The number of benzene rings is 2. The number of hydrogen-bond acceptors (Lipinski definition) is 4. The summed E-state index contributed by atoms with van der Waals surface area (Å²) < 4.78 is 48.1. The number of carbonyl (C=O) groups is 2. The maximum Gasteiger partial charge on any atom is 0.422 e. The Balaban J connectivity index is 2.08. The molecule has 0 aromatic heterocycles. The molecule has 0 aliphatic carbocycles. The molecule has 0 spiro atoms. The van der Waals surface area contributed by atoms with E-state index in [1.54, 1.807) is 20.8 Å². The fraction of sp³-hybridized carbons (Fsp3) is 0.273. The topological polar surface area (TPSA) is 55.8 Å². The molecule has 0 saturated heterocycles. The molecule has 3 rings (SSSR count). The standard InChI is InChI=1S/C22H18Cl2F3NO4/c1-21(2,3)32-20(30)28-17-10-14(24)4-6-15(17)16(19(28)29)9-12-8-13(23)5-7-18(12)31-11-22(25,26)27/h4-10H,11H2,1-3H3/b16-9+. The van der Waals surface area contributed by atoms with Gasteiger partial charge in [-0.05, 0) is 57.2 Å². The fourth-order valence-corrected chi connectivity index (χ4v) is 3.32. The number of rotatable bonds is 3. The summed E-state index contributed by atoms with van der Waals surface area (Å²) in [6.45, 7) is 3.43. The van der Waals surface area contributed by atoms with Crippen molar-refractivity contribution < 1.29 is 32.2 Å². The molecule has 0 fully saturated rings. The van der Waals surface area contributed by atoms with Gasteiger partial charge in [0, 0.05) is 21.2 Å². The van der Waals surface area contributed by atoms with Crippen molar-refractivity contribution in [2.45, 2.75) is 32.5 Å². The summed E-state index contributed by atoms with van der Waals surface area (Å²) in [5.41, 5.74) is -0.137. The summed E-state index contributed by atoms with van der Waals surface area (Å²) in [6.07, 6.45) is -4.14. The minimum absolute atomic E-state index is 0.0432. The molecule has 1 heterocycles. The second-order valence-corrected chi connectivity index (χ2v) is 8.80. The zero-order chi connectivity index (χ0) is 23.8. The zero-order valence-electron chi connectivity index (χ0n) is 17.2. The minimum Gasteiger partial charge on any atom is -0.483 e. The summed E-state index contributed by atoms with van der Waals surface area (Å²) in [5, 5.41) is 0.505. The van der Waals surface area contributed by atoms with Crippen molar-refractivity contribution in [3.05, 3.63) is 57.6 Å². The number of fused-ring (bicyclic) bond motifs is 1. The highest BCUT2D eigenvalue weighted by Crippen LogP contribution is 2.41. The fourth-order valence-electron chi connectivity index (χ4n) is 2.97. The quantitative estimate of drug-likeness (QED) is 0.449. The summed E-state index contributed by atoms with van der Waals surface area (Å²) in [7, 11) is 0. The summed E-state index contributed by atoms with van der Waals surface area (Å²) >= 11 is 12.1. The van der Waals surface area contributed by atoms with Gasteiger partial charge in [-0.15, -0.1) is 0 Å². The molecule has 2 aromatic carbocycles. The van der Waals surface area contributed by atoms with Gasteiger partial charge < -0.3 is 9.47 Å². The molecule has 32 heavy (non-hydrogen) atoms. The van der Waals surface area contributed by atoms with Crippen LogP contribution in [0.2, 0.25) is 10.0 Å². The lowest BCUT2D eigenvalue weighted by Crippen LogP contribution is -2.38. The summed E-state index contributed by atoms with van der Waals surface area (Å²) in [4.78, 5) is 26.7. The van der Waals surface area contributed by atoms with Crippen LogP contribution in [0.3, 0.4) is 0 Å². The van der Waals surface area contributed by atoms with E-state index < -0.39 is 30.4 Å². The normalized spacial score (nSPS) is 15.2. The van der Waals surface area contributed by atoms with E-state index in [4.69, 9.17) is 32.7 Å². The molecule has 0 saturated carbocycles. The van der Waals surface area contributed by atoms with Gasteiger partial charge in [-0.1, -0.05) is 29.3 Å². The average Bonchev–Trinajstić information content (AvgIpc) is 2.90. The molecular formula is C22H18Cl2F3NO4. The molecule has 170 valence electrons. The maximum absolute atomic E-state index is 13.2. The third-order valence-electron chi connectivity index (χ3n) is 4.16. The van der Waals surface area contributed by atoms with Crippen LogP contribution in [0.4, 0.5) is 23.7 Å². The van der Waals surface area contributed by atoms with Gasteiger partial charge in [0.2, 0.25) is 0 Å². The number of halogens is 5. The van der Waals surface area contributed by atoms with E-state index >= 15 is 0 Å². The van der Waals surface area contributed by atoms with E-state index in [0.29, 0.717) is 5.56 Å². The van der Waals surface area contributed by atoms with Gasteiger partial charge in [0.15, 0.2) is 6.61 Å². The summed E-state index contributed by atoms with van der Waals surface area (Å²) in [6, 6.07) is 8.49. The molecule has 2 amide bonds. The predicted octanol–water partition coefficient (Wildman–Crippen LogP) is 6.76. The van der Waals surface area contributed by atoms with Crippen molar-refractivity contribution in [2.75, 3.05) is 11.5 Å². The lowest BCUT2D eigenvalue weighted by Gasteiger charge is -2.23. The highest BCUT2D eigenvalue weighted by Gasteiger charge is 2.39. The zero-order valence-corrected chi connectivity index (χ0v) is 18.7. The van der Waals surface area contributed by atoms with Crippen LogP contribution in [0.5, 0.6) is 5.75 Å². The van der Waals surface area contributed by atoms with E-state index in [2.05, 4.69) is 0 Å². The van der Waals surface area contributed by atoms with Crippen LogP contribution in [0.15, 0.2) is 36.4 Å². The Morgan fingerprint density at radius 2 is 1.69 bits per heavy atom. The number of anilines is 1. The first kappa shape index (κ1) is 23.9. The van der Waals surface area contributed by atoms with Crippen molar-refractivity contribution in [1.82, 2.24) is 0 Å². The second kappa shape index (κ2) is 8.67. The highest BCUT2D eigenvalue weighted by atomic mass is 35.5. The van der Waals surface area contributed by atoms with Crippen molar-refractivity contribution in [3.63, 3.8) is 0 Å². The van der Waals surface area contributed by atoms with Crippen LogP contribution in [-0.2, 0) is 9.53 Å². The Bertz CT molecular complexity index is 1110. The number of alkyl halides is 3. The van der Waals surface area contributed by atoms with Crippen molar-refractivity contribution in [1.29, 1.82) is 0 Å². The SMILES string of the molecule is CC(C)(C)OC(=O)N1C(=O)/C(=C/c2cc(Cl)ccc2OCC(F)(F)F)c2ccc(Cl)cc21. The molecule has 0 bridgehead atoms. The van der Waals surface area contributed by atoms with Gasteiger partial charge in [-0.25, -0.2) is 9.69 Å². The first-order valence-electron chi connectivity index (χ1n) is 9.33. The Kier molecular flexibility index (Phi) is 6.49. The number of carbonyl (C=O) groups excluding carboxylic acids is 2. The first-order chi connectivity index (χ1) is 14.7. The third-order valence-corrected chi connectivity index (χ3v) is 4.63. The number of ether oxygens (including phenoxy) is 2. The number of amides is 2. The van der Waals surface area contributed by atoms with Crippen LogP contribution < -0.4 is 9.64 Å². The average molecular weight is 488 g/mol. The monoisotopic (exact) mass is 487 g/mol.